The maximum Gasteiger partial charge on any atom is 0.251 e. The zero-order valence-corrected chi connectivity index (χ0v) is 17.1. The normalized spacial score (nSPS) is 13.0. The Morgan fingerprint density at radius 2 is 1.61 bits per heavy atom. The highest BCUT2D eigenvalue weighted by Gasteiger charge is 2.38. The molecule has 0 aliphatic carbocycles. The third-order valence-electron chi connectivity index (χ3n) is 3.00. The fraction of sp³-hybridized carbons (Fsp3) is 0.417. The van der Waals surface area contributed by atoms with Gasteiger partial charge in [0.1, 0.15) is 5.54 Å². The molecule has 7 nitrogen and oxygen atoms in total. The minimum atomic E-state index is -3.87. The molecule has 0 unspecified atom stereocenters. The molecule has 23 heavy (non-hydrogen) atoms. The molecule has 0 fully saturated rings. The van der Waals surface area contributed by atoms with E-state index in [4.69, 9.17) is 0 Å². The van der Waals surface area contributed by atoms with Crippen LogP contribution in [0.5, 0.6) is 0 Å². The van der Waals surface area contributed by atoms with Crippen LogP contribution in [0.25, 0.3) is 0 Å². The SMILES string of the molecule is O=C(NC(CO)(CO)CO)c1cccc(S(=O)(=O)C(Br)(Br)Br)c1. The van der Waals surface area contributed by atoms with E-state index in [1.54, 1.807) is 0 Å². The molecule has 0 atom stereocenters. The van der Waals surface area contributed by atoms with Gasteiger partial charge in [-0.25, -0.2) is 8.42 Å². The van der Waals surface area contributed by atoms with Gasteiger partial charge >= 0.3 is 0 Å². The molecule has 0 saturated carbocycles. The molecular weight excluding hydrogens is 526 g/mol. The first-order valence-electron chi connectivity index (χ1n) is 6.09. The lowest BCUT2D eigenvalue weighted by atomic mass is 10.0. The van der Waals surface area contributed by atoms with Crippen LogP contribution in [0.3, 0.4) is 0 Å². The number of halogens is 3. The Bertz CT molecular complexity index is 661. The number of amides is 1. The largest absolute Gasteiger partial charge is 0.394 e. The van der Waals surface area contributed by atoms with E-state index in [1.807, 2.05) is 0 Å². The van der Waals surface area contributed by atoms with Crippen LogP contribution in [0.1, 0.15) is 10.4 Å². The van der Waals surface area contributed by atoms with Crippen molar-refractivity contribution in [3.05, 3.63) is 29.8 Å². The number of sulfone groups is 1. The summed E-state index contributed by atoms with van der Waals surface area (Å²) in [6.07, 6.45) is 0. The van der Waals surface area contributed by atoms with Crippen LogP contribution in [0, 0.1) is 0 Å². The number of hydrogen-bond acceptors (Lipinski definition) is 6. The number of carbonyl (C=O) groups is 1. The molecule has 0 heterocycles. The fourth-order valence-electron chi connectivity index (χ4n) is 1.52. The van der Waals surface area contributed by atoms with Gasteiger partial charge in [0.15, 0.2) is 0 Å². The zero-order chi connectivity index (χ0) is 17.9. The quantitative estimate of drug-likeness (QED) is 0.395. The minimum Gasteiger partial charge on any atom is -0.394 e. The van der Waals surface area contributed by atoms with Crippen LogP contribution in [0.15, 0.2) is 29.2 Å². The smallest absolute Gasteiger partial charge is 0.251 e. The number of rotatable bonds is 6. The number of benzene rings is 1. The average Bonchev–Trinajstić information content (AvgIpc) is 2.51. The van der Waals surface area contributed by atoms with Crippen molar-refractivity contribution in [1.29, 1.82) is 0 Å². The van der Waals surface area contributed by atoms with Crippen molar-refractivity contribution in [2.75, 3.05) is 19.8 Å². The lowest BCUT2D eigenvalue weighted by Crippen LogP contribution is -2.57. The van der Waals surface area contributed by atoms with E-state index in [0.717, 1.165) is 6.07 Å². The van der Waals surface area contributed by atoms with Gasteiger partial charge in [0.2, 0.25) is 11.3 Å². The number of nitrogens with one attached hydrogen (secondary N) is 1. The second-order valence-electron chi connectivity index (χ2n) is 4.69. The Morgan fingerprint density at radius 1 is 1.09 bits per heavy atom. The van der Waals surface area contributed by atoms with E-state index in [0.29, 0.717) is 0 Å². The van der Waals surface area contributed by atoms with E-state index in [2.05, 4.69) is 53.1 Å². The summed E-state index contributed by atoms with van der Waals surface area (Å²) in [5.41, 5.74) is -1.61. The number of hydrogen-bond donors (Lipinski definition) is 4. The van der Waals surface area contributed by atoms with Gasteiger partial charge in [-0.3, -0.25) is 4.79 Å². The van der Waals surface area contributed by atoms with Gasteiger partial charge in [-0.2, -0.15) is 0 Å². The first kappa shape index (κ1) is 21.0. The summed E-state index contributed by atoms with van der Waals surface area (Å²) in [5, 5.41) is 29.9. The second kappa shape index (κ2) is 7.89. The number of aliphatic hydroxyl groups excluding tert-OH is 3. The third kappa shape index (κ3) is 4.74. The Morgan fingerprint density at radius 3 is 2.04 bits per heavy atom. The fourth-order valence-corrected chi connectivity index (χ4v) is 4.01. The number of aliphatic hydroxyl groups is 3. The average molecular weight is 540 g/mol. The van der Waals surface area contributed by atoms with Crippen LogP contribution < -0.4 is 5.32 Å². The summed E-state index contributed by atoms with van der Waals surface area (Å²) < 4.78 is 23.0. The van der Waals surface area contributed by atoms with Crippen LogP contribution in [0.2, 0.25) is 0 Å². The Hall–Kier alpha value is -0.0400. The van der Waals surface area contributed by atoms with Crippen molar-refractivity contribution < 1.29 is 28.5 Å². The van der Waals surface area contributed by atoms with Gasteiger partial charge in [0, 0.05) is 5.56 Å². The minimum absolute atomic E-state index is 0.0115. The summed E-state index contributed by atoms with van der Waals surface area (Å²) in [5.74, 6) is -0.747. The molecule has 4 N–H and O–H groups in total. The standard InChI is InChI=1S/C12H14Br3NO6S/c13-12(14,15)23(21,22)9-3-1-2-8(4-9)10(20)16-11(5-17,6-18)7-19/h1-4,17-19H,5-7H2,(H,16,20). The van der Waals surface area contributed by atoms with Gasteiger partial charge < -0.3 is 20.6 Å². The Balaban J connectivity index is 3.18. The molecule has 0 bridgehead atoms. The van der Waals surface area contributed by atoms with Gasteiger partial charge in [0.05, 0.1) is 24.7 Å². The molecule has 0 aromatic heterocycles. The molecule has 0 spiro atoms. The summed E-state index contributed by atoms with van der Waals surface area (Å²) in [6, 6.07) is 5.19. The van der Waals surface area contributed by atoms with E-state index in [9.17, 15) is 28.5 Å². The molecule has 0 aliphatic heterocycles. The highest BCUT2D eigenvalue weighted by molar-refractivity contribution is 9.42. The zero-order valence-electron chi connectivity index (χ0n) is 11.5. The lowest BCUT2D eigenvalue weighted by molar-refractivity contribution is 0.0375. The molecule has 0 saturated heterocycles. The van der Waals surface area contributed by atoms with Crippen molar-refractivity contribution >= 4 is 63.5 Å². The maximum absolute atomic E-state index is 12.3. The molecule has 1 aromatic rings. The van der Waals surface area contributed by atoms with E-state index in [1.165, 1.54) is 18.2 Å². The highest BCUT2D eigenvalue weighted by atomic mass is 80.0. The summed E-state index contributed by atoms with van der Waals surface area (Å²) in [6.45, 7) is -2.05. The predicted octanol–water partition coefficient (Wildman–Crippen LogP) is 0.702. The molecule has 0 radical (unpaired) electrons. The number of alkyl halides is 3. The summed E-state index contributed by atoms with van der Waals surface area (Å²) in [4.78, 5) is 12.1. The predicted molar refractivity (Wildman–Crippen MR) is 94.6 cm³/mol. The first-order chi connectivity index (χ1) is 10.5. The molecule has 0 aliphatic rings. The van der Waals surface area contributed by atoms with Crippen molar-refractivity contribution in [1.82, 2.24) is 5.32 Å². The summed E-state index contributed by atoms with van der Waals surface area (Å²) in [7, 11) is -3.87. The van der Waals surface area contributed by atoms with Crippen molar-refractivity contribution in [3.8, 4) is 0 Å². The van der Waals surface area contributed by atoms with Gasteiger partial charge in [-0.05, 0) is 66.0 Å². The van der Waals surface area contributed by atoms with Crippen LogP contribution >= 0.6 is 47.8 Å². The van der Waals surface area contributed by atoms with Crippen LogP contribution in [-0.4, -0.2) is 56.5 Å². The molecular formula is C12H14Br3NO6S. The van der Waals surface area contributed by atoms with E-state index >= 15 is 0 Å². The molecule has 11 heteroatoms. The van der Waals surface area contributed by atoms with E-state index < -0.39 is 42.6 Å². The van der Waals surface area contributed by atoms with Gasteiger partial charge in [0.25, 0.3) is 5.91 Å². The Labute approximate surface area is 158 Å². The molecule has 1 aromatic carbocycles. The van der Waals surface area contributed by atoms with E-state index in [-0.39, 0.29) is 10.5 Å². The lowest BCUT2D eigenvalue weighted by Gasteiger charge is -2.28. The van der Waals surface area contributed by atoms with Crippen molar-refractivity contribution in [2.24, 2.45) is 0 Å². The molecule has 1 rings (SSSR count). The van der Waals surface area contributed by atoms with Crippen molar-refractivity contribution in [2.45, 2.75) is 11.9 Å². The molecule has 1 amide bonds. The topological polar surface area (TPSA) is 124 Å². The van der Waals surface area contributed by atoms with Gasteiger partial charge in [-0.15, -0.1) is 0 Å². The second-order valence-corrected chi connectivity index (χ2v) is 15.1. The highest BCUT2D eigenvalue weighted by Crippen LogP contribution is 2.43. The number of carbonyl (C=O) groups excluding carboxylic acids is 1. The third-order valence-corrected chi connectivity index (χ3v) is 8.32. The van der Waals surface area contributed by atoms with Crippen molar-refractivity contribution in [3.63, 3.8) is 0 Å². The molecule has 130 valence electrons. The maximum atomic E-state index is 12.3. The Kier molecular flexibility index (Phi) is 7.21. The summed E-state index contributed by atoms with van der Waals surface area (Å²) >= 11 is 8.78. The first-order valence-corrected chi connectivity index (χ1v) is 9.96. The van der Waals surface area contributed by atoms with Gasteiger partial charge in [-0.1, -0.05) is 6.07 Å². The van der Waals surface area contributed by atoms with Crippen LogP contribution in [-0.2, 0) is 9.84 Å². The van der Waals surface area contributed by atoms with Crippen LogP contribution in [0.4, 0.5) is 0 Å². The monoisotopic (exact) mass is 537 g/mol.